The minimum Gasteiger partial charge on any atom is -0.507 e. The Kier molecular flexibility index (Phi) is 6.81. The van der Waals surface area contributed by atoms with Crippen LogP contribution in [-0.4, -0.2) is 50.5 Å². The van der Waals surface area contributed by atoms with Gasteiger partial charge < -0.3 is 24.0 Å². The van der Waals surface area contributed by atoms with Crippen LogP contribution in [0.5, 0.6) is 11.5 Å². The number of hydrogen-bond donors (Lipinski definition) is 1. The lowest BCUT2D eigenvalue weighted by Gasteiger charge is -2.26. The number of aromatic nitrogens is 2. The quantitative estimate of drug-likeness (QED) is 0.204. The minimum atomic E-state index is -0.751. The highest BCUT2D eigenvalue weighted by Crippen LogP contribution is 2.41. The number of carbonyl (C=O) groups is 2. The molecule has 1 aromatic heterocycles. The zero-order valence-electron chi connectivity index (χ0n) is 20.7. The second kappa shape index (κ2) is 10.3. The van der Waals surface area contributed by atoms with E-state index in [0.29, 0.717) is 49.4 Å². The molecule has 1 saturated heterocycles. The van der Waals surface area contributed by atoms with Crippen LogP contribution in [0.25, 0.3) is 5.76 Å². The Balaban J connectivity index is 1.54. The molecule has 0 radical (unpaired) electrons. The average Bonchev–Trinajstić information content (AvgIpc) is 3.61. The molecule has 2 aromatic carbocycles. The molecule has 1 N–H and O–H groups in total. The molecule has 3 aromatic rings. The van der Waals surface area contributed by atoms with Crippen LogP contribution in [0, 0.1) is 0 Å². The number of nitrogens with zero attached hydrogens (tertiary/aromatic N) is 3. The van der Waals surface area contributed by atoms with Crippen molar-refractivity contribution in [2.45, 2.75) is 38.5 Å². The van der Waals surface area contributed by atoms with Crippen molar-refractivity contribution in [3.63, 3.8) is 0 Å². The first kappa shape index (κ1) is 24.4. The van der Waals surface area contributed by atoms with Gasteiger partial charge >= 0.3 is 0 Å². The number of aryl methyl sites for hydroxylation is 1. The summed E-state index contributed by atoms with van der Waals surface area (Å²) < 4.78 is 13.4. The molecule has 1 amide bonds. The first-order valence-corrected chi connectivity index (χ1v) is 12.3. The van der Waals surface area contributed by atoms with Crippen molar-refractivity contribution in [2.75, 3.05) is 13.2 Å². The van der Waals surface area contributed by atoms with Crippen molar-refractivity contribution >= 4 is 17.4 Å². The third-order valence-corrected chi connectivity index (χ3v) is 6.63. The van der Waals surface area contributed by atoms with Crippen LogP contribution in [0.1, 0.15) is 36.1 Å². The number of amides is 1. The molecule has 37 heavy (non-hydrogen) atoms. The fourth-order valence-corrected chi connectivity index (χ4v) is 4.95. The normalized spacial score (nSPS) is 20.1. The van der Waals surface area contributed by atoms with E-state index >= 15 is 0 Å². The van der Waals surface area contributed by atoms with Crippen molar-refractivity contribution in [3.05, 3.63) is 96.1 Å². The summed E-state index contributed by atoms with van der Waals surface area (Å²) in [6, 6.07) is 11.9. The largest absolute Gasteiger partial charge is 0.507 e. The molecule has 190 valence electrons. The Morgan fingerprint density at radius 3 is 2.89 bits per heavy atom. The van der Waals surface area contributed by atoms with Gasteiger partial charge in [-0.15, -0.1) is 0 Å². The highest BCUT2D eigenvalue weighted by atomic mass is 16.5. The number of ether oxygens (including phenoxy) is 2. The van der Waals surface area contributed by atoms with Crippen LogP contribution >= 0.6 is 0 Å². The highest BCUT2D eigenvalue weighted by Gasteiger charge is 2.46. The van der Waals surface area contributed by atoms with E-state index in [-0.39, 0.29) is 17.4 Å². The fraction of sp³-hybridized carbons (Fsp3) is 0.276. The van der Waals surface area contributed by atoms with Crippen LogP contribution in [0.3, 0.4) is 0 Å². The van der Waals surface area contributed by atoms with Crippen molar-refractivity contribution < 1.29 is 24.2 Å². The topological polar surface area (TPSA) is 93.9 Å². The van der Waals surface area contributed by atoms with Gasteiger partial charge in [0, 0.05) is 37.5 Å². The zero-order valence-corrected chi connectivity index (χ0v) is 20.7. The fourth-order valence-electron chi connectivity index (χ4n) is 4.95. The molecule has 2 aliphatic heterocycles. The molecule has 5 rings (SSSR count). The van der Waals surface area contributed by atoms with Gasteiger partial charge in [-0.05, 0) is 54.8 Å². The third-order valence-electron chi connectivity index (χ3n) is 6.63. The summed E-state index contributed by atoms with van der Waals surface area (Å²) >= 11 is 0. The van der Waals surface area contributed by atoms with Crippen LogP contribution in [0.4, 0.5) is 0 Å². The molecule has 8 heteroatoms. The number of benzene rings is 2. The number of aliphatic hydroxyl groups excluding tert-OH is 1. The molecular formula is C29H29N3O5. The molecule has 3 heterocycles. The van der Waals surface area contributed by atoms with Gasteiger partial charge in [0.1, 0.15) is 30.0 Å². The monoisotopic (exact) mass is 499 g/mol. The molecule has 2 aliphatic rings. The summed E-state index contributed by atoms with van der Waals surface area (Å²) in [6.07, 6.45) is 8.28. The van der Waals surface area contributed by atoms with Crippen molar-refractivity contribution in [3.8, 4) is 11.5 Å². The van der Waals surface area contributed by atoms with Crippen LogP contribution < -0.4 is 9.47 Å². The Labute approximate surface area is 215 Å². The number of likely N-dealkylation sites (tertiary alicyclic amines) is 1. The lowest BCUT2D eigenvalue weighted by molar-refractivity contribution is -0.139. The molecule has 8 nitrogen and oxygen atoms in total. The van der Waals surface area contributed by atoms with E-state index in [2.05, 4.69) is 11.6 Å². The summed E-state index contributed by atoms with van der Waals surface area (Å²) in [7, 11) is 0. The maximum Gasteiger partial charge on any atom is 0.295 e. The van der Waals surface area contributed by atoms with Crippen molar-refractivity contribution in [2.24, 2.45) is 0 Å². The standard InChI is InChI=1S/C29H29N3O5/c1-3-14-36-23-7-4-6-20(17-23)26-25(27(33)21-8-9-24-22(16-21)15-19(2)37-24)28(34)29(35)32(26)12-5-11-31-13-10-30-18-31/h3-4,6-10,13,16-19,26,33H,1,5,11-12,14-15H2,2H3/b27-25+/t19-,26+/m1/s1. The summed E-state index contributed by atoms with van der Waals surface area (Å²) in [4.78, 5) is 32.2. The predicted octanol–water partition coefficient (Wildman–Crippen LogP) is 4.28. The zero-order chi connectivity index (χ0) is 25.9. The van der Waals surface area contributed by atoms with E-state index < -0.39 is 17.7 Å². The van der Waals surface area contributed by atoms with Gasteiger partial charge in [0.2, 0.25) is 0 Å². The molecule has 2 atom stereocenters. The molecule has 0 saturated carbocycles. The van der Waals surface area contributed by atoms with E-state index in [1.165, 1.54) is 4.90 Å². The van der Waals surface area contributed by atoms with Gasteiger partial charge in [0.15, 0.2) is 0 Å². The molecule has 0 bridgehead atoms. The number of carbonyl (C=O) groups excluding carboxylic acids is 2. The molecular weight excluding hydrogens is 470 g/mol. The lowest BCUT2D eigenvalue weighted by atomic mass is 9.94. The Morgan fingerprint density at radius 2 is 2.11 bits per heavy atom. The van der Waals surface area contributed by atoms with Crippen molar-refractivity contribution in [1.82, 2.24) is 14.5 Å². The van der Waals surface area contributed by atoms with E-state index in [1.807, 2.05) is 35.9 Å². The van der Waals surface area contributed by atoms with Gasteiger partial charge in [0.05, 0.1) is 17.9 Å². The number of hydrogen-bond acceptors (Lipinski definition) is 6. The Morgan fingerprint density at radius 1 is 1.24 bits per heavy atom. The third kappa shape index (κ3) is 4.87. The Bertz CT molecular complexity index is 1360. The minimum absolute atomic E-state index is 0.0479. The number of fused-ring (bicyclic) bond motifs is 1. The van der Waals surface area contributed by atoms with Crippen LogP contribution in [-0.2, 0) is 22.6 Å². The molecule has 0 aliphatic carbocycles. The smallest absolute Gasteiger partial charge is 0.295 e. The average molecular weight is 500 g/mol. The van der Waals surface area contributed by atoms with Gasteiger partial charge in [0.25, 0.3) is 11.7 Å². The number of rotatable bonds is 9. The predicted molar refractivity (Wildman–Crippen MR) is 138 cm³/mol. The van der Waals surface area contributed by atoms with Gasteiger partial charge in [-0.2, -0.15) is 0 Å². The van der Waals surface area contributed by atoms with Gasteiger partial charge in [-0.3, -0.25) is 9.59 Å². The number of Topliss-reactive ketones (excluding diaryl/α,β-unsaturated/α-hetero) is 1. The number of aliphatic hydroxyl groups is 1. The molecule has 1 fully saturated rings. The summed E-state index contributed by atoms with van der Waals surface area (Å²) in [5, 5.41) is 11.4. The molecule has 0 spiro atoms. The second-order valence-corrected chi connectivity index (χ2v) is 9.27. The highest BCUT2D eigenvalue weighted by molar-refractivity contribution is 6.46. The SMILES string of the molecule is C=CCOc1cccc([C@H]2/C(=C(\O)c3ccc4c(c3)C[C@@H](C)O4)C(=O)C(=O)N2CCCn2ccnc2)c1. The summed E-state index contributed by atoms with van der Waals surface area (Å²) in [6.45, 7) is 6.96. The lowest BCUT2D eigenvalue weighted by Crippen LogP contribution is -2.31. The second-order valence-electron chi connectivity index (χ2n) is 9.27. The number of ketones is 1. The molecule has 0 unspecified atom stereocenters. The summed E-state index contributed by atoms with van der Waals surface area (Å²) in [5.74, 6) is -0.168. The van der Waals surface area contributed by atoms with Crippen LogP contribution in [0.2, 0.25) is 0 Å². The number of imidazole rings is 1. The van der Waals surface area contributed by atoms with E-state index in [9.17, 15) is 14.7 Å². The van der Waals surface area contributed by atoms with E-state index in [0.717, 1.165) is 11.3 Å². The first-order valence-electron chi connectivity index (χ1n) is 12.3. The van der Waals surface area contributed by atoms with Gasteiger partial charge in [-0.25, -0.2) is 4.98 Å². The maximum absolute atomic E-state index is 13.4. The summed E-state index contributed by atoms with van der Waals surface area (Å²) in [5.41, 5.74) is 2.20. The van der Waals surface area contributed by atoms with E-state index in [4.69, 9.17) is 9.47 Å². The first-order chi connectivity index (χ1) is 18.0. The van der Waals surface area contributed by atoms with Crippen LogP contribution in [0.15, 0.2) is 79.4 Å². The Hall–Kier alpha value is -4.33. The maximum atomic E-state index is 13.4. The van der Waals surface area contributed by atoms with E-state index in [1.54, 1.807) is 42.9 Å². The van der Waals surface area contributed by atoms with Gasteiger partial charge in [-0.1, -0.05) is 24.8 Å². The van der Waals surface area contributed by atoms with Crippen molar-refractivity contribution in [1.29, 1.82) is 0 Å².